The lowest BCUT2D eigenvalue weighted by molar-refractivity contribution is -0.119. The van der Waals surface area contributed by atoms with Crippen LogP contribution in [0.4, 0.5) is 4.79 Å². The van der Waals surface area contributed by atoms with Crippen molar-refractivity contribution >= 4 is 35.3 Å². The molecule has 1 spiro atoms. The average molecular weight is 382 g/mol. The molecule has 0 radical (unpaired) electrons. The van der Waals surface area contributed by atoms with Crippen molar-refractivity contribution < 1.29 is 9.59 Å². The van der Waals surface area contributed by atoms with Crippen LogP contribution in [0.1, 0.15) is 25.7 Å². The Hall–Kier alpha value is -1.40. The first-order valence-electron chi connectivity index (χ1n) is 8.74. The predicted octanol–water partition coefficient (Wildman–Crippen LogP) is 3.13. The number of rotatable bonds is 5. The van der Waals surface area contributed by atoms with Crippen molar-refractivity contribution in [3.8, 4) is 0 Å². The first kappa shape index (κ1) is 18.4. The van der Waals surface area contributed by atoms with Gasteiger partial charge in [-0.1, -0.05) is 11.6 Å². The molecule has 0 unspecified atom stereocenters. The highest BCUT2D eigenvalue weighted by Gasteiger charge is 2.41. The normalized spacial score (nSPS) is 19.1. The summed E-state index contributed by atoms with van der Waals surface area (Å²) in [5.74, 6) is 1.11. The van der Waals surface area contributed by atoms with Gasteiger partial charge in [0.1, 0.15) is 0 Å². The zero-order chi connectivity index (χ0) is 17.7. The molecule has 2 fully saturated rings. The summed E-state index contributed by atoms with van der Waals surface area (Å²) in [4.78, 5) is 26.8. The highest BCUT2D eigenvalue weighted by molar-refractivity contribution is 7.99. The average Bonchev–Trinajstić information content (AvgIpc) is 2.97. The molecule has 3 amide bonds. The topological polar surface area (TPSA) is 61.4 Å². The molecule has 3 rings (SSSR count). The van der Waals surface area contributed by atoms with Gasteiger partial charge in [-0.2, -0.15) is 0 Å². The van der Waals surface area contributed by atoms with Crippen molar-refractivity contribution in [3.05, 3.63) is 29.3 Å². The quantitative estimate of drug-likeness (QED) is 0.608. The maximum atomic E-state index is 12.2. The van der Waals surface area contributed by atoms with Crippen LogP contribution < -0.4 is 10.6 Å². The summed E-state index contributed by atoms with van der Waals surface area (Å²) < 4.78 is 0. The molecule has 0 aliphatic carbocycles. The summed E-state index contributed by atoms with van der Waals surface area (Å²) in [5, 5.41) is 6.67. The van der Waals surface area contributed by atoms with Gasteiger partial charge in [0, 0.05) is 42.5 Å². The molecular weight excluding hydrogens is 358 g/mol. The Morgan fingerprint density at radius 2 is 2.00 bits per heavy atom. The zero-order valence-electron chi connectivity index (χ0n) is 14.2. The molecule has 0 aromatic heterocycles. The van der Waals surface area contributed by atoms with Crippen molar-refractivity contribution in [2.75, 3.05) is 31.9 Å². The smallest absolute Gasteiger partial charge is 0.317 e. The van der Waals surface area contributed by atoms with Gasteiger partial charge in [0.25, 0.3) is 0 Å². The number of piperidine rings is 1. The Labute approximate surface area is 157 Å². The van der Waals surface area contributed by atoms with Crippen LogP contribution in [0.25, 0.3) is 0 Å². The Balaban J connectivity index is 1.31. The van der Waals surface area contributed by atoms with Crippen molar-refractivity contribution in [1.29, 1.82) is 0 Å². The summed E-state index contributed by atoms with van der Waals surface area (Å²) in [6.45, 7) is 2.92. The molecule has 0 saturated carbocycles. The van der Waals surface area contributed by atoms with E-state index in [4.69, 9.17) is 11.6 Å². The van der Waals surface area contributed by atoms with E-state index < -0.39 is 0 Å². The minimum absolute atomic E-state index is 0.0172. The summed E-state index contributed by atoms with van der Waals surface area (Å²) in [6.07, 6.45) is 3.36. The standard InChI is InChI=1S/C18H24ClN3O2S/c19-14-2-4-15(5-3-14)25-11-1-8-20-17(24)22-9-6-18(7-10-22)12-16(23)21-13-18/h2-5H,1,6-13H2,(H,20,24)(H,21,23). The van der Waals surface area contributed by atoms with Gasteiger partial charge in [-0.25, -0.2) is 4.79 Å². The second kappa shape index (κ2) is 8.32. The third kappa shape index (κ3) is 5.05. The number of hydrogen-bond acceptors (Lipinski definition) is 3. The lowest BCUT2D eigenvalue weighted by Gasteiger charge is -2.38. The number of urea groups is 1. The van der Waals surface area contributed by atoms with E-state index in [2.05, 4.69) is 10.6 Å². The van der Waals surface area contributed by atoms with Crippen molar-refractivity contribution in [3.63, 3.8) is 0 Å². The van der Waals surface area contributed by atoms with E-state index in [9.17, 15) is 9.59 Å². The number of nitrogens with one attached hydrogen (secondary N) is 2. The fourth-order valence-corrected chi connectivity index (χ4v) is 4.37. The van der Waals surface area contributed by atoms with Crippen LogP contribution in [0.15, 0.2) is 29.2 Å². The zero-order valence-corrected chi connectivity index (χ0v) is 15.8. The van der Waals surface area contributed by atoms with E-state index in [1.807, 2.05) is 29.2 Å². The predicted molar refractivity (Wildman–Crippen MR) is 101 cm³/mol. The lowest BCUT2D eigenvalue weighted by atomic mass is 9.78. The molecule has 136 valence electrons. The maximum absolute atomic E-state index is 12.2. The number of benzene rings is 1. The Morgan fingerprint density at radius 3 is 2.64 bits per heavy atom. The molecule has 2 saturated heterocycles. The molecule has 2 aliphatic heterocycles. The van der Waals surface area contributed by atoms with Crippen LogP contribution in [0.2, 0.25) is 5.02 Å². The van der Waals surface area contributed by atoms with Crippen molar-refractivity contribution in [2.45, 2.75) is 30.6 Å². The Kier molecular flexibility index (Phi) is 6.12. The van der Waals surface area contributed by atoms with E-state index >= 15 is 0 Å². The number of carbonyl (C=O) groups is 2. The molecule has 7 heteroatoms. The van der Waals surface area contributed by atoms with Crippen LogP contribution in [-0.4, -0.2) is 48.8 Å². The van der Waals surface area contributed by atoms with Gasteiger partial charge in [0.2, 0.25) is 5.91 Å². The Bertz CT molecular complexity index is 615. The first-order chi connectivity index (χ1) is 12.1. The SMILES string of the molecule is O=C1CC2(CCN(C(=O)NCCCSc3ccc(Cl)cc3)CC2)CN1. The van der Waals surface area contributed by atoms with Crippen LogP contribution >= 0.6 is 23.4 Å². The minimum Gasteiger partial charge on any atom is -0.356 e. The number of thioether (sulfide) groups is 1. The minimum atomic E-state index is 0.0172. The fourth-order valence-electron chi connectivity index (χ4n) is 3.39. The fraction of sp³-hybridized carbons (Fsp3) is 0.556. The summed E-state index contributed by atoms with van der Waals surface area (Å²) >= 11 is 7.64. The van der Waals surface area contributed by atoms with Gasteiger partial charge in [0.15, 0.2) is 0 Å². The van der Waals surface area contributed by atoms with Crippen LogP contribution in [0.3, 0.4) is 0 Å². The van der Waals surface area contributed by atoms with Gasteiger partial charge in [0.05, 0.1) is 0 Å². The summed E-state index contributed by atoms with van der Waals surface area (Å²) in [7, 11) is 0. The number of halogens is 1. The molecule has 2 aliphatic rings. The second-order valence-electron chi connectivity index (χ2n) is 6.83. The van der Waals surface area contributed by atoms with Crippen LogP contribution in [0.5, 0.6) is 0 Å². The number of carbonyl (C=O) groups excluding carboxylic acids is 2. The second-order valence-corrected chi connectivity index (χ2v) is 8.43. The van der Waals surface area contributed by atoms with Gasteiger partial charge < -0.3 is 15.5 Å². The van der Waals surface area contributed by atoms with Gasteiger partial charge in [-0.3, -0.25) is 4.79 Å². The molecular formula is C18H24ClN3O2S. The van der Waals surface area contributed by atoms with Gasteiger partial charge in [-0.05, 0) is 54.7 Å². The number of nitrogens with zero attached hydrogens (tertiary/aromatic N) is 1. The molecule has 1 aromatic rings. The van der Waals surface area contributed by atoms with Crippen molar-refractivity contribution in [2.24, 2.45) is 5.41 Å². The summed E-state index contributed by atoms with van der Waals surface area (Å²) in [5.41, 5.74) is 0.0864. The molecule has 5 nitrogen and oxygen atoms in total. The Morgan fingerprint density at radius 1 is 1.28 bits per heavy atom. The van der Waals surface area contributed by atoms with Crippen LogP contribution in [0, 0.1) is 5.41 Å². The number of hydrogen-bond donors (Lipinski definition) is 2. The van der Waals surface area contributed by atoms with E-state index in [1.165, 1.54) is 4.90 Å². The molecule has 1 aromatic carbocycles. The molecule has 0 bridgehead atoms. The number of likely N-dealkylation sites (tertiary alicyclic amines) is 1. The lowest BCUT2D eigenvalue weighted by Crippen LogP contribution is -2.48. The van der Waals surface area contributed by atoms with Crippen molar-refractivity contribution in [1.82, 2.24) is 15.5 Å². The molecule has 2 N–H and O–H groups in total. The molecule has 0 atom stereocenters. The highest BCUT2D eigenvalue weighted by atomic mass is 35.5. The largest absolute Gasteiger partial charge is 0.356 e. The van der Waals surface area contributed by atoms with E-state index in [0.29, 0.717) is 13.0 Å². The third-order valence-electron chi connectivity index (χ3n) is 4.99. The monoisotopic (exact) mass is 381 g/mol. The number of amides is 3. The van der Waals surface area contributed by atoms with Gasteiger partial charge >= 0.3 is 6.03 Å². The van der Waals surface area contributed by atoms with E-state index in [0.717, 1.165) is 49.7 Å². The first-order valence-corrected chi connectivity index (χ1v) is 10.1. The molecule has 25 heavy (non-hydrogen) atoms. The molecule has 2 heterocycles. The van der Waals surface area contributed by atoms with E-state index in [1.54, 1.807) is 11.8 Å². The van der Waals surface area contributed by atoms with Crippen LogP contribution in [-0.2, 0) is 4.79 Å². The van der Waals surface area contributed by atoms with E-state index in [-0.39, 0.29) is 17.4 Å². The van der Waals surface area contributed by atoms with Gasteiger partial charge in [-0.15, -0.1) is 11.8 Å². The third-order valence-corrected chi connectivity index (χ3v) is 6.34. The highest BCUT2D eigenvalue weighted by Crippen LogP contribution is 2.37. The maximum Gasteiger partial charge on any atom is 0.317 e. The summed E-state index contributed by atoms with van der Waals surface area (Å²) in [6, 6.07) is 7.82.